The minimum Gasteiger partial charge on any atom is -0.497 e. The number of hydrogen-bond donors (Lipinski definition) is 5. The van der Waals surface area contributed by atoms with Gasteiger partial charge in [-0.3, -0.25) is 15.6 Å². The molecule has 26 heavy (non-hydrogen) atoms. The van der Waals surface area contributed by atoms with Crippen LogP contribution in [0.15, 0.2) is 24.3 Å². The van der Waals surface area contributed by atoms with Gasteiger partial charge in [0.15, 0.2) is 0 Å². The summed E-state index contributed by atoms with van der Waals surface area (Å²) in [7, 11) is 1.66. The third-order valence-corrected chi connectivity index (χ3v) is 5.55. The maximum Gasteiger partial charge on any atom is 0.238 e. The van der Waals surface area contributed by atoms with Crippen LogP contribution in [0, 0.1) is 5.92 Å². The number of nitrogens with one attached hydrogen (secondary N) is 5. The van der Waals surface area contributed by atoms with E-state index in [0.29, 0.717) is 18.0 Å². The number of hydrogen-bond acceptors (Lipinski definition) is 6. The number of ether oxygens (including phenoxy) is 1. The summed E-state index contributed by atoms with van der Waals surface area (Å²) in [5, 5.41) is 3.07. The van der Waals surface area contributed by atoms with Crippen molar-refractivity contribution in [2.45, 2.75) is 57.3 Å². The van der Waals surface area contributed by atoms with Gasteiger partial charge in [-0.05, 0) is 56.7 Å². The lowest BCUT2D eigenvalue weighted by Crippen LogP contribution is -2.43. The van der Waals surface area contributed by atoms with Gasteiger partial charge in [0.1, 0.15) is 11.8 Å². The van der Waals surface area contributed by atoms with Crippen molar-refractivity contribution in [3.05, 3.63) is 29.8 Å². The second kappa shape index (κ2) is 8.81. The summed E-state index contributed by atoms with van der Waals surface area (Å²) in [6, 6.07) is 8.80. The Morgan fingerprint density at radius 1 is 1.19 bits per heavy atom. The summed E-state index contributed by atoms with van der Waals surface area (Å²) in [6.45, 7) is 5.12. The van der Waals surface area contributed by atoms with E-state index in [1.807, 2.05) is 24.3 Å². The summed E-state index contributed by atoms with van der Waals surface area (Å²) in [5.74, 6) is 1.50. The maximum atomic E-state index is 12.4. The average Bonchev–Trinajstić information content (AvgIpc) is 3.27. The van der Waals surface area contributed by atoms with Crippen molar-refractivity contribution in [3.63, 3.8) is 0 Å². The van der Waals surface area contributed by atoms with Crippen LogP contribution in [0.25, 0.3) is 0 Å². The molecule has 2 saturated heterocycles. The van der Waals surface area contributed by atoms with E-state index < -0.39 is 0 Å². The Balaban J connectivity index is 1.40. The first-order valence-electron chi connectivity index (χ1n) is 9.52. The summed E-state index contributed by atoms with van der Waals surface area (Å²) in [6.07, 6.45) is 2.82. The van der Waals surface area contributed by atoms with Gasteiger partial charge in [-0.25, -0.2) is 10.9 Å². The van der Waals surface area contributed by atoms with E-state index in [1.54, 1.807) is 7.11 Å². The van der Waals surface area contributed by atoms with Crippen LogP contribution in [0.1, 0.15) is 44.7 Å². The monoisotopic (exact) mass is 361 g/mol. The Hall–Kier alpha value is -1.67. The molecule has 0 radical (unpaired) electrons. The molecule has 0 aliphatic carbocycles. The van der Waals surface area contributed by atoms with Crippen LogP contribution in [0.3, 0.4) is 0 Å². The molecule has 144 valence electrons. The zero-order chi connectivity index (χ0) is 18.5. The van der Waals surface area contributed by atoms with Crippen molar-refractivity contribution >= 4 is 5.91 Å². The van der Waals surface area contributed by atoms with Gasteiger partial charge in [0, 0.05) is 24.7 Å². The molecule has 1 amide bonds. The first-order valence-corrected chi connectivity index (χ1v) is 9.52. The largest absolute Gasteiger partial charge is 0.497 e. The molecule has 2 heterocycles. The molecule has 2 aliphatic rings. The Morgan fingerprint density at radius 2 is 1.96 bits per heavy atom. The topological polar surface area (TPSA) is 86.5 Å². The number of benzene rings is 1. The van der Waals surface area contributed by atoms with Crippen molar-refractivity contribution in [1.29, 1.82) is 0 Å². The zero-order valence-electron chi connectivity index (χ0n) is 15.8. The lowest BCUT2D eigenvalue weighted by Gasteiger charge is -2.18. The molecule has 0 saturated carbocycles. The third kappa shape index (κ3) is 4.54. The molecule has 0 spiro atoms. The first-order chi connectivity index (χ1) is 12.6. The van der Waals surface area contributed by atoms with Crippen molar-refractivity contribution < 1.29 is 9.53 Å². The highest BCUT2D eigenvalue weighted by molar-refractivity contribution is 5.82. The van der Waals surface area contributed by atoms with Gasteiger partial charge in [0.2, 0.25) is 5.91 Å². The highest BCUT2D eigenvalue weighted by atomic mass is 16.5. The van der Waals surface area contributed by atoms with E-state index in [4.69, 9.17) is 4.74 Å². The van der Waals surface area contributed by atoms with Crippen LogP contribution < -0.4 is 31.8 Å². The summed E-state index contributed by atoms with van der Waals surface area (Å²) in [5.41, 5.74) is 14.0. The molecule has 4 unspecified atom stereocenters. The number of rotatable bonds is 7. The molecule has 5 N–H and O–H groups in total. The molecule has 7 nitrogen and oxygen atoms in total. The second-order valence-corrected chi connectivity index (χ2v) is 7.37. The lowest BCUT2D eigenvalue weighted by molar-refractivity contribution is -0.122. The lowest BCUT2D eigenvalue weighted by atomic mass is 9.92. The van der Waals surface area contributed by atoms with Crippen LogP contribution in [0.5, 0.6) is 5.75 Å². The Kier molecular flexibility index (Phi) is 6.48. The number of carbonyl (C=O) groups is 1. The van der Waals surface area contributed by atoms with Crippen molar-refractivity contribution in [2.24, 2.45) is 5.92 Å². The smallest absolute Gasteiger partial charge is 0.238 e. The van der Waals surface area contributed by atoms with Crippen molar-refractivity contribution in [2.75, 3.05) is 13.7 Å². The molecule has 0 aromatic heterocycles. The Bertz CT molecular complexity index is 601. The number of methoxy groups -OCH3 is 1. The number of hydrazine groups is 2. The minimum atomic E-state index is -0.209. The Morgan fingerprint density at radius 3 is 2.69 bits per heavy atom. The fourth-order valence-corrected chi connectivity index (χ4v) is 3.89. The summed E-state index contributed by atoms with van der Waals surface area (Å²) < 4.78 is 5.27. The molecular weight excluding hydrogens is 330 g/mol. The molecular formula is C19H31N5O2. The quantitative estimate of drug-likeness (QED) is 0.466. The minimum absolute atomic E-state index is 0.0617. The van der Waals surface area contributed by atoms with Crippen LogP contribution in [-0.2, 0) is 4.79 Å². The van der Waals surface area contributed by atoms with Gasteiger partial charge in [-0.1, -0.05) is 12.1 Å². The summed E-state index contributed by atoms with van der Waals surface area (Å²) >= 11 is 0. The van der Waals surface area contributed by atoms with E-state index >= 15 is 0 Å². The number of carbonyl (C=O) groups excluding carboxylic acids is 1. The van der Waals surface area contributed by atoms with Gasteiger partial charge < -0.3 is 10.1 Å². The van der Waals surface area contributed by atoms with E-state index in [9.17, 15) is 4.79 Å². The highest BCUT2D eigenvalue weighted by Gasteiger charge is 2.31. The van der Waals surface area contributed by atoms with Gasteiger partial charge >= 0.3 is 0 Å². The van der Waals surface area contributed by atoms with Crippen molar-refractivity contribution in [1.82, 2.24) is 27.0 Å². The van der Waals surface area contributed by atoms with Gasteiger partial charge in [-0.15, -0.1) is 0 Å². The molecule has 0 bridgehead atoms. The molecule has 3 rings (SSSR count). The van der Waals surface area contributed by atoms with E-state index in [-0.39, 0.29) is 18.0 Å². The predicted octanol–water partition coefficient (Wildman–Crippen LogP) is 1.00. The van der Waals surface area contributed by atoms with Crippen LogP contribution >= 0.6 is 0 Å². The second-order valence-electron chi connectivity index (χ2n) is 7.37. The molecule has 1 aromatic carbocycles. The predicted molar refractivity (Wildman–Crippen MR) is 101 cm³/mol. The van der Waals surface area contributed by atoms with Gasteiger partial charge in [0.25, 0.3) is 0 Å². The van der Waals surface area contributed by atoms with E-state index in [2.05, 4.69) is 40.9 Å². The molecule has 1 aromatic rings. The zero-order valence-corrected chi connectivity index (χ0v) is 15.8. The van der Waals surface area contributed by atoms with E-state index in [0.717, 1.165) is 37.1 Å². The van der Waals surface area contributed by atoms with Crippen LogP contribution in [0.2, 0.25) is 0 Å². The third-order valence-electron chi connectivity index (χ3n) is 5.55. The molecule has 7 heteroatoms. The van der Waals surface area contributed by atoms with Gasteiger partial charge in [0.05, 0.1) is 7.11 Å². The van der Waals surface area contributed by atoms with Gasteiger partial charge in [-0.2, -0.15) is 0 Å². The number of amides is 1. The standard InChI is InChI=1S/C19H31N5O2/c1-12-16(13(2)22-21-12)8-5-9-20-19(25)18-11-17(23-24-18)14-6-4-7-15(10-14)26-3/h4,6-7,10,12-13,16-18,21-24H,5,8-9,11H2,1-3H3,(H,20,25). The fraction of sp³-hybridized carbons (Fsp3) is 0.632. The fourth-order valence-electron chi connectivity index (χ4n) is 3.89. The summed E-state index contributed by atoms with van der Waals surface area (Å²) in [4.78, 5) is 12.4. The van der Waals surface area contributed by atoms with Crippen LogP contribution in [0.4, 0.5) is 0 Å². The molecule has 2 fully saturated rings. The highest BCUT2D eigenvalue weighted by Crippen LogP contribution is 2.25. The van der Waals surface area contributed by atoms with E-state index in [1.165, 1.54) is 0 Å². The molecule has 2 aliphatic heterocycles. The SMILES string of the molecule is COc1cccc(C2CC(C(=O)NCCCC3C(C)NNC3C)NN2)c1. The normalized spacial score (nSPS) is 31.1. The maximum absolute atomic E-state index is 12.4. The van der Waals surface area contributed by atoms with Crippen molar-refractivity contribution in [3.8, 4) is 5.75 Å². The molecule has 4 atom stereocenters. The Labute approximate surface area is 155 Å². The van der Waals surface area contributed by atoms with Crippen LogP contribution in [-0.4, -0.2) is 37.7 Å². The first kappa shape index (κ1) is 19.1. The average molecular weight is 361 g/mol.